The van der Waals surface area contributed by atoms with Crippen LogP contribution in [0.5, 0.6) is 0 Å². The third kappa shape index (κ3) is 2.30. The molecule has 0 saturated carbocycles. The maximum absolute atomic E-state index is 12.0. The fraction of sp³-hybridized carbons (Fsp3) is 0.385. The van der Waals surface area contributed by atoms with Gasteiger partial charge in [0.25, 0.3) is 0 Å². The first-order chi connectivity index (χ1) is 8.28. The van der Waals surface area contributed by atoms with E-state index in [-0.39, 0.29) is 0 Å². The van der Waals surface area contributed by atoms with Gasteiger partial charge in [0.2, 0.25) is 0 Å². The molecule has 0 radical (unpaired) electrons. The summed E-state index contributed by atoms with van der Waals surface area (Å²) in [6.45, 7) is 7.30. The van der Waals surface area contributed by atoms with E-state index in [1.165, 1.54) is 4.68 Å². The van der Waals surface area contributed by atoms with Crippen molar-refractivity contribution in [1.29, 1.82) is 0 Å². The second-order valence-corrected chi connectivity index (χ2v) is 5.25. The van der Waals surface area contributed by atoms with Crippen LogP contribution >= 0.6 is 0 Å². The molecule has 0 aliphatic rings. The predicted octanol–water partition coefficient (Wildman–Crippen LogP) is 2.71. The SMILES string of the molecule is Cc1nn(C(=O)OC(C)(C)C)c2cc(N)ccc12. The van der Waals surface area contributed by atoms with E-state index in [1.807, 2.05) is 33.8 Å². The van der Waals surface area contributed by atoms with Gasteiger partial charge in [-0.25, -0.2) is 4.79 Å². The summed E-state index contributed by atoms with van der Waals surface area (Å²) in [4.78, 5) is 12.0. The highest BCUT2D eigenvalue weighted by molar-refractivity contribution is 5.91. The largest absolute Gasteiger partial charge is 0.442 e. The number of nitrogen functional groups attached to an aromatic ring is 1. The van der Waals surface area contributed by atoms with Crippen molar-refractivity contribution < 1.29 is 9.53 Å². The second kappa shape index (κ2) is 4.01. The summed E-state index contributed by atoms with van der Waals surface area (Å²) >= 11 is 0. The molecule has 0 bridgehead atoms. The lowest BCUT2D eigenvalue weighted by Crippen LogP contribution is -2.27. The van der Waals surface area contributed by atoms with E-state index in [2.05, 4.69) is 5.10 Å². The lowest BCUT2D eigenvalue weighted by Gasteiger charge is -2.19. The first-order valence-electron chi connectivity index (χ1n) is 5.76. The molecule has 0 fully saturated rings. The molecule has 0 aliphatic carbocycles. The van der Waals surface area contributed by atoms with Crippen molar-refractivity contribution in [1.82, 2.24) is 9.78 Å². The van der Waals surface area contributed by atoms with E-state index in [0.29, 0.717) is 11.2 Å². The van der Waals surface area contributed by atoms with Gasteiger partial charge in [0.15, 0.2) is 0 Å². The van der Waals surface area contributed by atoms with Gasteiger partial charge in [-0.3, -0.25) is 0 Å². The summed E-state index contributed by atoms with van der Waals surface area (Å²) in [5.74, 6) is 0. The van der Waals surface area contributed by atoms with Crippen LogP contribution < -0.4 is 5.73 Å². The van der Waals surface area contributed by atoms with Crippen LogP contribution in [0.4, 0.5) is 10.5 Å². The quantitative estimate of drug-likeness (QED) is 0.727. The molecular formula is C13H17N3O2. The van der Waals surface area contributed by atoms with E-state index in [1.54, 1.807) is 12.1 Å². The number of aryl methyl sites for hydroxylation is 1. The average molecular weight is 247 g/mol. The van der Waals surface area contributed by atoms with Gasteiger partial charge in [-0.1, -0.05) is 0 Å². The smallest absolute Gasteiger partial charge is 0.435 e. The Morgan fingerprint density at radius 2 is 2.06 bits per heavy atom. The molecule has 0 unspecified atom stereocenters. The molecule has 18 heavy (non-hydrogen) atoms. The molecular weight excluding hydrogens is 230 g/mol. The number of nitrogens with zero attached hydrogens (tertiary/aromatic N) is 2. The number of rotatable bonds is 0. The number of hydrogen-bond acceptors (Lipinski definition) is 4. The van der Waals surface area contributed by atoms with Crippen molar-refractivity contribution in [2.24, 2.45) is 0 Å². The van der Waals surface area contributed by atoms with Gasteiger partial charge < -0.3 is 10.5 Å². The van der Waals surface area contributed by atoms with Gasteiger partial charge in [-0.05, 0) is 45.9 Å². The van der Waals surface area contributed by atoms with Crippen LogP contribution in [0.3, 0.4) is 0 Å². The van der Waals surface area contributed by atoms with Gasteiger partial charge in [-0.2, -0.15) is 9.78 Å². The van der Waals surface area contributed by atoms with Crippen molar-refractivity contribution in [2.45, 2.75) is 33.3 Å². The summed E-state index contributed by atoms with van der Waals surface area (Å²) in [7, 11) is 0. The summed E-state index contributed by atoms with van der Waals surface area (Å²) in [5, 5.41) is 5.10. The standard InChI is InChI=1S/C13H17N3O2/c1-8-10-6-5-9(14)7-11(10)16(15-8)12(17)18-13(2,3)4/h5-7H,14H2,1-4H3. The van der Waals surface area contributed by atoms with Crippen molar-refractivity contribution in [3.8, 4) is 0 Å². The van der Waals surface area contributed by atoms with Crippen molar-refractivity contribution in [3.63, 3.8) is 0 Å². The number of carbonyl (C=O) groups is 1. The van der Waals surface area contributed by atoms with E-state index in [0.717, 1.165) is 11.1 Å². The molecule has 0 spiro atoms. The molecule has 1 aromatic carbocycles. The van der Waals surface area contributed by atoms with Crippen LogP contribution in [0.2, 0.25) is 0 Å². The predicted molar refractivity (Wildman–Crippen MR) is 70.5 cm³/mol. The third-order valence-electron chi connectivity index (χ3n) is 2.46. The van der Waals surface area contributed by atoms with Crippen molar-refractivity contribution in [3.05, 3.63) is 23.9 Å². The van der Waals surface area contributed by atoms with Crippen LogP contribution in [0.1, 0.15) is 26.5 Å². The lowest BCUT2D eigenvalue weighted by molar-refractivity contribution is 0.0522. The minimum Gasteiger partial charge on any atom is -0.442 e. The summed E-state index contributed by atoms with van der Waals surface area (Å²) in [6.07, 6.45) is -0.494. The topological polar surface area (TPSA) is 70.1 Å². The Morgan fingerprint density at radius 1 is 1.39 bits per heavy atom. The Morgan fingerprint density at radius 3 is 2.67 bits per heavy atom. The maximum atomic E-state index is 12.0. The van der Waals surface area contributed by atoms with Gasteiger partial charge in [0.05, 0.1) is 11.2 Å². The number of fused-ring (bicyclic) bond motifs is 1. The molecule has 0 amide bonds. The fourth-order valence-corrected chi connectivity index (χ4v) is 1.73. The van der Waals surface area contributed by atoms with Crippen LogP contribution in [-0.2, 0) is 4.74 Å². The first kappa shape index (κ1) is 12.4. The number of carbonyl (C=O) groups excluding carboxylic acids is 1. The minimum atomic E-state index is -0.552. The van der Waals surface area contributed by atoms with Crippen LogP contribution in [0.15, 0.2) is 18.2 Å². The van der Waals surface area contributed by atoms with E-state index < -0.39 is 11.7 Å². The molecule has 5 nitrogen and oxygen atoms in total. The highest BCUT2D eigenvalue weighted by atomic mass is 16.6. The molecule has 0 aliphatic heterocycles. The molecule has 0 saturated heterocycles. The summed E-state index contributed by atoms with van der Waals surface area (Å²) < 4.78 is 6.56. The zero-order chi connectivity index (χ0) is 13.5. The molecule has 1 aromatic heterocycles. The fourth-order valence-electron chi connectivity index (χ4n) is 1.73. The Labute approximate surface area is 106 Å². The van der Waals surface area contributed by atoms with E-state index >= 15 is 0 Å². The highest BCUT2D eigenvalue weighted by Crippen LogP contribution is 2.21. The molecule has 1 heterocycles. The molecule has 2 N–H and O–H groups in total. The monoisotopic (exact) mass is 247 g/mol. The zero-order valence-electron chi connectivity index (χ0n) is 11.0. The molecule has 0 atom stereocenters. The maximum Gasteiger partial charge on any atom is 0.435 e. The second-order valence-electron chi connectivity index (χ2n) is 5.25. The van der Waals surface area contributed by atoms with Gasteiger partial charge >= 0.3 is 6.09 Å². The number of hydrogen-bond donors (Lipinski definition) is 1. The highest BCUT2D eigenvalue weighted by Gasteiger charge is 2.21. The number of nitrogens with two attached hydrogens (primary N) is 1. The van der Waals surface area contributed by atoms with E-state index in [4.69, 9.17) is 10.5 Å². The van der Waals surface area contributed by atoms with Gasteiger partial charge in [0, 0.05) is 11.1 Å². The van der Waals surface area contributed by atoms with Crippen molar-refractivity contribution in [2.75, 3.05) is 5.73 Å². The van der Waals surface area contributed by atoms with Crippen LogP contribution in [0, 0.1) is 6.92 Å². The lowest BCUT2D eigenvalue weighted by atomic mass is 10.2. The molecule has 2 aromatic rings. The third-order valence-corrected chi connectivity index (χ3v) is 2.46. The molecule has 2 rings (SSSR count). The van der Waals surface area contributed by atoms with Gasteiger partial charge in [-0.15, -0.1) is 0 Å². The van der Waals surface area contributed by atoms with Crippen LogP contribution in [-0.4, -0.2) is 21.5 Å². The minimum absolute atomic E-state index is 0.494. The Balaban J connectivity index is 2.51. The number of ether oxygens (including phenoxy) is 1. The summed E-state index contributed by atoms with van der Waals surface area (Å²) in [6, 6.07) is 5.36. The normalized spacial score (nSPS) is 11.8. The number of anilines is 1. The molecule has 5 heteroatoms. The van der Waals surface area contributed by atoms with Crippen molar-refractivity contribution >= 4 is 22.7 Å². The van der Waals surface area contributed by atoms with Gasteiger partial charge in [0.1, 0.15) is 5.60 Å². The first-order valence-corrected chi connectivity index (χ1v) is 5.76. The Hall–Kier alpha value is -2.04. The Kier molecular flexibility index (Phi) is 2.77. The summed E-state index contributed by atoms with van der Waals surface area (Å²) in [5.41, 5.74) is 7.22. The average Bonchev–Trinajstić information content (AvgIpc) is 2.53. The number of benzene rings is 1. The Bertz CT molecular complexity index is 608. The zero-order valence-corrected chi connectivity index (χ0v) is 11.0. The number of aromatic nitrogens is 2. The van der Waals surface area contributed by atoms with Crippen LogP contribution in [0.25, 0.3) is 10.9 Å². The van der Waals surface area contributed by atoms with E-state index in [9.17, 15) is 4.79 Å². The molecule has 96 valence electrons.